The zero-order valence-electron chi connectivity index (χ0n) is 14.0. The molecule has 2 aromatic rings. The molecule has 3 rings (SSSR count). The third-order valence-corrected chi connectivity index (χ3v) is 6.35. The number of rotatable bonds is 4. The molecule has 2 N–H and O–H groups in total. The molecule has 1 aliphatic carbocycles. The summed E-state index contributed by atoms with van der Waals surface area (Å²) in [7, 11) is 0. The van der Waals surface area contributed by atoms with Gasteiger partial charge in [0, 0.05) is 4.88 Å². The van der Waals surface area contributed by atoms with E-state index in [-0.39, 0.29) is 12.5 Å². The van der Waals surface area contributed by atoms with Crippen LogP contribution in [0, 0.1) is 0 Å². The van der Waals surface area contributed by atoms with Crippen molar-refractivity contribution in [2.75, 3.05) is 11.9 Å². The van der Waals surface area contributed by atoms with Crippen LogP contribution in [0.1, 0.15) is 50.2 Å². The molecule has 0 saturated carbocycles. The highest BCUT2D eigenvalue weighted by Crippen LogP contribution is 2.38. The Balaban J connectivity index is 1.89. The number of alkyl carbamates (subject to hydrolysis) is 1. The molecule has 138 valence electrons. The first-order valence-corrected chi connectivity index (χ1v) is 10.2. The van der Waals surface area contributed by atoms with Crippen molar-refractivity contribution in [3.8, 4) is 0 Å². The van der Waals surface area contributed by atoms with Crippen LogP contribution in [0.3, 0.4) is 0 Å². The van der Waals surface area contributed by atoms with Crippen LogP contribution in [-0.2, 0) is 17.6 Å². The molecule has 0 aliphatic heterocycles. The van der Waals surface area contributed by atoms with E-state index in [0.29, 0.717) is 19.8 Å². The SMILES string of the molecule is CCOC(=O)NC(=O)c1c(NC(=O)c2ccc(Cl)s2)sc2c1CCCC2. The summed E-state index contributed by atoms with van der Waals surface area (Å²) >= 11 is 8.44. The lowest BCUT2D eigenvalue weighted by Gasteiger charge is -2.12. The molecule has 26 heavy (non-hydrogen) atoms. The van der Waals surface area contributed by atoms with Crippen molar-refractivity contribution in [2.45, 2.75) is 32.6 Å². The van der Waals surface area contributed by atoms with E-state index in [0.717, 1.165) is 47.5 Å². The lowest BCUT2D eigenvalue weighted by atomic mass is 9.95. The Hall–Kier alpha value is -1.90. The number of ether oxygens (including phenoxy) is 1. The van der Waals surface area contributed by atoms with Crippen LogP contribution < -0.4 is 10.6 Å². The second-order valence-corrected chi connectivity index (χ2v) is 8.47. The summed E-state index contributed by atoms with van der Waals surface area (Å²) in [5.74, 6) is -0.881. The van der Waals surface area contributed by atoms with E-state index >= 15 is 0 Å². The number of anilines is 1. The highest BCUT2D eigenvalue weighted by Gasteiger charge is 2.28. The first-order chi connectivity index (χ1) is 12.5. The fourth-order valence-corrected chi connectivity index (χ4v) is 5.04. The van der Waals surface area contributed by atoms with Gasteiger partial charge < -0.3 is 10.1 Å². The van der Waals surface area contributed by atoms with E-state index in [1.54, 1.807) is 19.1 Å². The van der Waals surface area contributed by atoms with Crippen LogP contribution in [0.15, 0.2) is 12.1 Å². The molecule has 0 spiro atoms. The van der Waals surface area contributed by atoms with Gasteiger partial charge in [-0.05, 0) is 50.3 Å². The minimum atomic E-state index is -0.796. The Morgan fingerprint density at radius 2 is 1.92 bits per heavy atom. The number of hydrogen-bond acceptors (Lipinski definition) is 6. The molecule has 0 fully saturated rings. The first kappa shape index (κ1) is 18.9. The number of carbonyl (C=O) groups excluding carboxylic acids is 3. The van der Waals surface area contributed by atoms with E-state index in [4.69, 9.17) is 16.3 Å². The van der Waals surface area contributed by atoms with E-state index in [9.17, 15) is 14.4 Å². The molecule has 9 heteroatoms. The van der Waals surface area contributed by atoms with Crippen LogP contribution in [0.5, 0.6) is 0 Å². The van der Waals surface area contributed by atoms with Gasteiger partial charge in [0.05, 0.1) is 21.4 Å². The molecule has 0 aromatic carbocycles. The van der Waals surface area contributed by atoms with E-state index in [1.165, 1.54) is 11.3 Å². The maximum atomic E-state index is 12.6. The smallest absolute Gasteiger partial charge is 0.414 e. The molecule has 2 aromatic heterocycles. The Morgan fingerprint density at radius 1 is 1.15 bits per heavy atom. The average molecular weight is 413 g/mol. The number of thiophene rings is 2. The molecule has 0 bridgehead atoms. The molecule has 6 nitrogen and oxygen atoms in total. The zero-order valence-corrected chi connectivity index (χ0v) is 16.4. The summed E-state index contributed by atoms with van der Waals surface area (Å²) in [5.41, 5.74) is 1.26. The first-order valence-electron chi connectivity index (χ1n) is 8.19. The maximum absolute atomic E-state index is 12.6. The van der Waals surface area contributed by atoms with Gasteiger partial charge in [0.25, 0.3) is 11.8 Å². The van der Waals surface area contributed by atoms with Crippen molar-refractivity contribution in [1.82, 2.24) is 5.32 Å². The van der Waals surface area contributed by atoms with Gasteiger partial charge in [0.1, 0.15) is 5.00 Å². The van der Waals surface area contributed by atoms with Gasteiger partial charge >= 0.3 is 6.09 Å². The third kappa shape index (κ3) is 4.08. The Labute approximate surface area is 163 Å². The molecule has 0 radical (unpaired) electrons. The predicted molar refractivity (Wildman–Crippen MR) is 103 cm³/mol. The number of hydrogen-bond donors (Lipinski definition) is 2. The Kier molecular flexibility index (Phi) is 5.95. The topological polar surface area (TPSA) is 84.5 Å². The van der Waals surface area contributed by atoms with Crippen molar-refractivity contribution >= 4 is 57.2 Å². The van der Waals surface area contributed by atoms with Gasteiger partial charge in [-0.25, -0.2) is 4.79 Å². The van der Waals surface area contributed by atoms with Crippen LogP contribution in [-0.4, -0.2) is 24.5 Å². The van der Waals surface area contributed by atoms with Gasteiger partial charge in [-0.2, -0.15) is 0 Å². The number of amides is 3. The summed E-state index contributed by atoms with van der Waals surface area (Å²) in [5, 5.41) is 5.48. The lowest BCUT2D eigenvalue weighted by molar-refractivity contribution is 0.0925. The largest absolute Gasteiger partial charge is 0.450 e. The molecule has 0 unspecified atom stereocenters. The molecule has 1 aliphatic rings. The van der Waals surface area contributed by atoms with Gasteiger partial charge in [-0.15, -0.1) is 22.7 Å². The van der Waals surface area contributed by atoms with E-state index < -0.39 is 12.0 Å². The van der Waals surface area contributed by atoms with Crippen molar-refractivity contribution in [3.63, 3.8) is 0 Å². The van der Waals surface area contributed by atoms with Gasteiger partial charge in [-0.3, -0.25) is 14.9 Å². The van der Waals surface area contributed by atoms with Crippen molar-refractivity contribution in [1.29, 1.82) is 0 Å². The standard InChI is InChI=1S/C17H17ClN2O4S2/c1-2-24-17(23)20-15(22)13-9-5-3-4-6-10(9)26-16(13)19-14(21)11-7-8-12(18)25-11/h7-8H,2-6H2,1H3,(H,19,21)(H,20,22,23). The Morgan fingerprint density at radius 3 is 2.62 bits per heavy atom. The maximum Gasteiger partial charge on any atom is 0.414 e. The highest BCUT2D eigenvalue weighted by molar-refractivity contribution is 7.18. The van der Waals surface area contributed by atoms with Crippen molar-refractivity contribution in [3.05, 3.63) is 37.4 Å². The molecule has 3 amide bonds. The van der Waals surface area contributed by atoms with Crippen LogP contribution in [0.4, 0.5) is 9.80 Å². The molecular formula is C17H17ClN2O4S2. The lowest BCUT2D eigenvalue weighted by Crippen LogP contribution is -2.32. The number of fused-ring (bicyclic) bond motifs is 1. The van der Waals surface area contributed by atoms with Gasteiger partial charge in [0.15, 0.2) is 0 Å². The van der Waals surface area contributed by atoms with Gasteiger partial charge in [-0.1, -0.05) is 11.6 Å². The predicted octanol–water partition coefficient (Wildman–Crippen LogP) is 4.48. The quantitative estimate of drug-likeness (QED) is 0.775. The minimum absolute atomic E-state index is 0.170. The number of carbonyl (C=O) groups is 3. The number of imide groups is 1. The van der Waals surface area contributed by atoms with Crippen molar-refractivity contribution in [2.24, 2.45) is 0 Å². The molecule has 2 heterocycles. The molecule has 0 saturated heterocycles. The van der Waals surface area contributed by atoms with Crippen LogP contribution >= 0.6 is 34.3 Å². The van der Waals surface area contributed by atoms with E-state index in [1.807, 2.05) is 0 Å². The average Bonchev–Trinajstić information content (AvgIpc) is 3.18. The number of aryl methyl sites for hydroxylation is 1. The van der Waals surface area contributed by atoms with Crippen LogP contribution in [0.25, 0.3) is 0 Å². The fourth-order valence-electron chi connectivity index (χ4n) is 2.82. The Bertz CT molecular complexity index is 859. The monoisotopic (exact) mass is 412 g/mol. The third-order valence-electron chi connectivity index (χ3n) is 3.91. The summed E-state index contributed by atoms with van der Waals surface area (Å²) < 4.78 is 5.29. The second-order valence-electron chi connectivity index (χ2n) is 5.65. The number of halogens is 1. The summed E-state index contributed by atoms with van der Waals surface area (Å²) in [6.45, 7) is 1.83. The van der Waals surface area contributed by atoms with Crippen LogP contribution in [0.2, 0.25) is 4.34 Å². The van der Waals surface area contributed by atoms with Gasteiger partial charge in [0.2, 0.25) is 0 Å². The zero-order chi connectivity index (χ0) is 18.7. The van der Waals surface area contributed by atoms with Crippen molar-refractivity contribution < 1.29 is 19.1 Å². The highest BCUT2D eigenvalue weighted by atomic mass is 35.5. The van der Waals surface area contributed by atoms with E-state index in [2.05, 4.69) is 10.6 Å². The summed E-state index contributed by atoms with van der Waals surface area (Å²) in [6, 6.07) is 3.28. The second kappa shape index (κ2) is 8.20. The fraction of sp³-hybridized carbons (Fsp3) is 0.353. The minimum Gasteiger partial charge on any atom is -0.450 e. The molecular weight excluding hydrogens is 396 g/mol. The number of nitrogens with one attached hydrogen (secondary N) is 2. The summed E-state index contributed by atoms with van der Waals surface area (Å²) in [6.07, 6.45) is 2.83. The summed E-state index contributed by atoms with van der Waals surface area (Å²) in [4.78, 5) is 38.2. The molecule has 0 atom stereocenters. The normalized spacial score (nSPS) is 13.0.